The summed E-state index contributed by atoms with van der Waals surface area (Å²) in [5.74, 6) is 0. The number of H-pyrrole nitrogens is 1. The molecule has 1 heterocycles. The molecule has 0 atom stereocenters. The van der Waals surface area contributed by atoms with E-state index in [1.807, 2.05) is 30.3 Å². The van der Waals surface area contributed by atoms with Crippen molar-refractivity contribution in [3.63, 3.8) is 0 Å². The number of hydrogen-bond donors (Lipinski definition) is 1. The van der Waals surface area contributed by atoms with Crippen LogP contribution >= 0.6 is 15.9 Å². The Kier molecular flexibility index (Phi) is 4.10. The van der Waals surface area contributed by atoms with Crippen LogP contribution in [0.5, 0.6) is 0 Å². The Morgan fingerprint density at radius 2 is 1.43 bits per heavy atom. The lowest BCUT2D eigenvalue weighted by Gasteiger charge is -2.11. The van der Waals surface area contributed by atoms with Crippen LogP contribution in [0.2, 0.25) is 0 Å². The Bertz CT molecular complexity index is 1330. The van der Waals surface area contributed by atoms with E-state index in [0.717, 1.165) is 54.8 Å². The average molecular weight is 426 g/mol. The molecular weight excluding hydrogens is 410 g/mol. The van der Waals surface area contributed by atoms with Crippen molar-refractivity contribution in [1.82, 2.24) is 4.98 Å². The van der Waals surface area contributed by atoms with Gasteiger partial charge in [-0.25, -0.2) is 0 Å². The molecule has 0 aliphatic rings. The van der Waals surface area contributed by atoms with E-state index in [9.17, 15) is 4.79 Å². The number of para-hydroxylation sites is 1. The van der Waals surface area contributed by atoms with E-state index in [0.29, 0.717) is 5.56 Å². The van der Waals surface area contributed by atoms with E-state index in [-0.39, 0.29) is 0 Å². The minimum absolute atomic E-state index is 0.700. The monoisotopic (exact) mass is 425 g/mol. The van der Waals surface area contributed by atoms with Crippen molar-refractivity contribution in [1.29, 1.82) is 0 Å². The van der Waals surface area contributed by atoms with Crippen molar-refractivity contribution in [3.8, 4) is 22.3 Å². The summed E-state index contributed by atoms with van der Waals surface area (Å²) in [4.78, 5) is 15.3. The number of aromatic nitrogens is 1. The first-order valence-electron chi connectivity index (χ1n) is 9.10. The molecule has 1 aromatic heterocycles. The second kappa shape index (κ2) is 6.77. The predicted octanol–water partition coefficient (Wildman–Crippen LogP) is 7.23. The highest BCUT2D eigenvalue weighted by molar-refractivity contribution is 9.10. The first kappa shape index (κ1) is 17.0. The van der Waals surface area contributed by atoms with E-state index >= 15 is 0 Å². The van der Waals surface area contributed by atoms with Gasteiger partial charge in [0.25, 0.3) is 0 Å². The zero-order valence-corrected chi connectivity index (χ0v) is 16.5. The summed E-state index contributed by atoms with van der Waals surface area (Å²) >= 11 is 3.51. The molecule has 0 radical (unpaired) electrons. The highest BCUT2D eigenvalue weighted by Crippen LogP contribution is 2.40. The normalized spacial score (nSPS) is 11.2. The number of fused-ring (bicyclic) bond motifs is 3. The van der Waals surface area contributed by atoms with Gasteiger partial charge in [0.1, 0.15) is 0 Å². The summed E-state index contributed by atoms with van der Waals surface area (Å²) in [5.41, 5.74) is 7.19. The summed E-state index contributed by atoms with van der Waals surface area (Å²) in [7, 11) is 0. The summed E-state index contributed by atoms with van der Waals surface area (Å²) < 4.78 is 1.06. The number of hydrogen-bond acceptors (Lipinski definition) is 1. The minimum Gasteiger partial charge on any atom is -0.354 e. The van der Waals surface area contributed by atoms with Crippen molar-refractivity contribution >= 4 is 44.0 Å². The number of aromatic amines is 1. The topological polar surface area (TPSA) is 32.9 Å². The van der Waals surface area contributed by atoms with Gasteiger partial charge in [0.05, 0.1) is 5.52 Å². The number of aldehydes is 1. The van der Waals surface area contributed by atoms with Crippen LogP contribution in [0.25, 0.3) is 44.1 Å². The molecule has 5 rings (SSSR count). The Hall–Kier alpha value is -3.17. The standard InChI is InChI=1S/C25H16BrNO/c26-18-11-9-16(10-12-18)20-13-14-21(19-6-2-1-5-17(19)15-28)24-22-7-3-4-8-23(22)27-25(20)24/h1-15,27H. The van der Waals surface area contributed by atoms with Crippen LogP contribution in [-0.2, 0) is 0 Å². The quantitative estimate of drug-likeness (QED) is 0.303. The Morgan fingerprint density at radius 1 is 0.714 bits per heavy atom. The highest BCUT2D eigenvalue weighted by atomic mass is 79.9. The molecule has 0 saturated carbocycles. The molecule has 0 aliphatic heterocycles. The summed E-state index contributed by atoms with van der Waals surface area (Å²) in [6.45, 7) is 0. The highest BCUT2D eigenvalue weighted by Gasteiger charge is 2.16. The average Bonchev–Trinajstić information content (AvgIpc) is 3.13. The van der Waals surface area contributed by atoms with Crippen molar-refractivity contribution in [2.24, 2.45) is 0 Å². The predicted molar refractivity (Wildman–Crippen MR) is 120 cm³/mol. The Balaban J connectivity index is 1.90. The van der Waals surface area contributed by atoms with E-state index in [2.05, 4.69) is 75.5 Å². The molecule has 134 valence electrons. The fraction of sp³-hybridized carbons (Fsp3) is 0. The molecule has 5 aromatic rings. The van der Waals surface area contributed by atoms with E-state index in [1.54, 1.807) is 0 Å². The van der Waals surface area contributed by atoms with Gasteiger partial charge in [-0.1, -0.05) is 82.7 Å². The molecule has 3 heteroatoms. The van der Waals surface area contributed by atoms with Crippen molar-refractivity contribution in [3.05, 3.63) is 95.0 Å². The van der Waals surface area contributed by atoms with Crippen LogP contribution in [0.3, 0.4) is 0 Å². The van der Waals surface area contributed by atoms with E-state index in [1.165, 1.54) is 0 Å². The molecular formula is C25H16BrNO. The second-order valence-electron chi connectivity index (χ2n) is 6.79. The first-order valence-corrected chi connectivity index (χ1v) is 9.89. The number of carbonyl (C=O) groups excluding carboxylic acids is 1. The summed E-state index contributed by atoms with van der Waals surface area (Å²) in [5, 5.41) is 2.30. The van der Waals surface area contributed by atoms with E-state index < -0.39 is 0 Å². The van der Waals surface area contributed by atoms with Gasteiger partial charge in [-0.2, -0.15) is 0 Å². The maximum atomic E-state index is 11.6. The molecule has 0 saturated heterocycles. The lowest BCUT2D eigenvalue weighted by molar-refractivity contribution is 0.112. The fourth-order valence-corrected chi connectivity index (χ4v) is 4.16. The Morgan fingerprint density at radius 3 is 2.25 bits per heavy atom. The zero-order chi connectivity index (χ0) is 19.1. The van der Waals surface area contributed by atoms with Crippen molar-refractivity contribution in [2.45, 2.75) is 0 Å². The number of carbonyl (C=O) groups is 1. The van der Waals surface area contributed by atoms with Gasteiger partial charge in [0.2, 0.25) is 0 Å². The van der Waals surface area contributed by atoms with Crippen LogP contribution in [0.1, 0.15) is 10.4 Å². The molecule has 1 N–H and O–H groups in total. The lowest BCUT2D eigenvalue weighted by atomic mass is 9.92. The number of rotatable bonds is 3. The zero-order valence-electron chi connectivity index (χ0n) is 14.9. The minimum atomic E-state index is 0.700. The van der Waals surface area contributed by atoms with Crippen LogP contribution in [0.4, 0.5) is 0 Å². The van der Waals surface area contributed by atoms with Gasteiger partial charge in [-0.15, -0.1) is 0 Å². The van der Waals surface area contributed by atoms with Gasteiger partial charge < -0.3 is 4.98 Å². The third-order valence-corrected chi connectivity index (χ3v) is 5.72. The molecule has 2 nitrogen and oxygen atoms in total. The SMILES string of the molecule is O=Cc1ccccc1-c1ccc(-c2ccc(Br)cc2)c2[nH]c3ccccc3c12. The molecule has 28 heavy (non-hydrogen) atoms. The molecule has 0 aliphatic carbocycles. The van der Waals surface area contributed by atoms with Crippen LogP contribution in [-0.4, -0.2) is 11.3 Å². The second-order valence-corrected chi connectivity index (χ2v) is 7.71. The number of nitrogens with one attached hydrogen (secondary N) is 1. The first-order chi connectivity index (χ1) is 13.8. The third-order valence-electron chi connectivity index (χ3n) is 5.19. The van der Waals surface area contributed by atoms with Crippen molar-refractivity contribution < 1.29 is 4.79 Å². The van der Waals surface area contributed by atoms with Gasteiger partial charge >= 0.3 is 0 Å². The van der Waals surface area contributed by atoms with Gasteiger partial charge in [-0.3, -0.25) is 4.79 Å². The summed E-state index contributed by atoms with van der Waals surface area (Å²) in [6, 6.07) is 28.7. The molecule has 4 aromatic carbocycles. The van der Waals surface area contributed by atoms with Crippen LogP contribution in [0.15, 0.2) is 89.4 Å². The maximum absolute atomic E-state index is 11.6. The molecule has 0 amide bonds. The van der Waals surface area contributed by atoms with Crippen LogP contribution < -0.4 is 0 Å². The van der Waals surface area contributed by atoms with Crippen LogP contribution in [0, 0.1) is 0 Å². The Labute approximate surface area is 171 Å². The molecule has 0 fully saturated rings. The van der Waals surface area contributed by atoms with Gasteiger partial charge in [0, 0.05) is 31.9 Å². The summed E-state index contributed by atoms with van der Waals surface area (Å²) in [6.07, 6.45) is 0.929. The third kappa shape index (κ3) is 2.67. The number of benzene rings is 4. The maximum Gasteiger partial charge on any atom is 0.150 e. The molecule has 0 bridgehead atoms. The van der Waals surface area contributed by atoms with Gasteiger partial charge in [0.15, 0.2) is 6.29 Å². The van der Waals surface area contributed by atoms with Crippen molar-refractivity contribution in [2.75, 3.05) is 0 Å². The van der Waals surface area contributed by atoms with E-state index in [4.69, 9.17) is 0 Å². The van der Waals surface area contributed by atoms with Gasteiger partial charge in [-0.05, 0) is 34.9 Å². The number of halogens is 1. The lowest BCUT2D eigenvalue weighted by Crippen LogP contribution is -1.89. The molecule has 0 unspecified atom stereocenters. The molecule has 0 spiro atoms. The largest absolute Gasteiger partial charge is 0.354 e. The fourth-order valence-electron chi connectivity index (χ4n) is 3.90. The smallest absolute Gasteiger partial charge is 0.150 e.